The molecule has 0 amide bonds. The second-order valence-electron chi connectivity index (χ2n) is 5.36. The van der Waals surface area contributed by atoms with Crippen LogP contribution in [0.5, 0.6) is 0 Å². The van der Waals surface area contributed by atoms with Crippen LogP contribution in [0, 0.1) is 0 Å². The SMILES string of the molecule is C=Cn1c(N2CCCCCC2)nc2c1c(=O)[nH]c(=O)n2C. The lowest BCUT2D eigenvalue weighted by Gasteiger charge is -2.21. The zero-order valence-electron chi connectivity index (χ0n) is 12.1. The number of aromatic nitrogens is 4. The lowest BCUT2D eigenvalue weighted by atomic mass is 10.2. The number of H-pyrrole nitrogens is 1. The molecule has 0 radical (unpaired) electrons. The van der Waals surface area contributed by atoms with Gasteiger partial charge in [-0.1, -0.05) is 19.4 Å². The maximum absolute atomic E-state index is 12.1. The van der Waals surface area contributed by atoms with Crippen molar-refractivity contribution in [1.29, 1.82) is 0 Å². The third kappa shape index (κ3) is 2.18. The van der Waals surface area contributed by atoms with Gasteiger partial charge >= 0.3 is 5.69 Å². The van der Waals surface area contributed by atoms with E-state index in [0.717, 1.165) is 25.9 Å². The first-order chi connectivity index (χ1) is 10.1. The standard InChI is InChI=1S/C14H19N5O2/c1-3-19-10-11(17(2)14(21)16-12(10)20)15-13(19)18-8-6-4-5-7-9-18/h3H,1,4-9H2,2H3,(H,16,20,21). The fraction of sp³-hybridized carbons (Fsp3) is 0.500. The Labute approximate surface area is 121 Å². The Morgan fingerprint density at radius 2 is 1.86 bits per heavy atom. The highest BCUT2D eigenvalue weighted by Gasteiger charge is 2.20. The van der Waals surface area contributed by atoms with Crippen molar-refractivity contribution in [2.45, 2.75) is 25.7 Å². The molecule has 3 heterocycles. The molecule has 0 unspecified atom stereocenters. The molecule has 0 spiro atoms. The molecule has 7 nitrogen and oxygen atoms in total. The molecule has 0 atom stereocenters. The number of imidazole rings is 1. The first kappa shape index (κ1) is 13.7. The molecule has 0 aromatic carbocycles. The summed E-state index contributed by atoms with van der Waals surface area (Å²) in [5, 5.41) is 0. The van der Waals surface area contributed by atoms with Gasteiger partial charge in [-0.05, 0) is 12.8 Å². The highest BCUT2D eigenvalue weighted by Crippen LogP contribution is 2.22. The van der Waals surface area contributed by atoms with E-state index in [2.05, 4.69) is 21.4 Å². The summed E-state index contributed by atoms with van der Waals surface area (Å²) >= 11 is 0. The van der Waals surface area contributed by atoms with E-state index >= 15 is 0 Å². The summed E-state index contributed by atoms with van der Waals surface area (Å²) in [6, 6.07) is 0. The van der Waals surface area contributed by atoms with Crippen LogP contribution < -0.4 is 16.1 Å². The average molecular weight is 289 g/mol. The number of nitrogens with zero attached hydrogens (tertiary/aromatic N) is 4. The molecule has 3 rings (SSSR count). The summed E-state index contributed by atoms with van der Waals surface area (Å²) in [7, 11) is 1.60. The van der Waals surface area contributed by atoms with Crippen LogP contribution >= 0.6 is 0 Å². The lowest BCUT2D eigenvalue weighted by Crippen LogP contribution is -2.29. The molecule has 1 aliphatic heterocycles. The summed E-state index contributed by atoms with van der Waals surface area (Å²) in [5.74, 6) is 0.689. The Hall–Kier alpha value is -2.31. The first-order valence-electron chi connectivity index (χ1n) is 7.22. The van der Waals surface area contributed by atoms with Gasteiger partial charge in [-0.3, -0.25) is 18.9 Å². The third-order valence-corrected chi connectivity index (χ3v) is 4.00. The summed E-state index contributed by atoms with van der Waals surface area (Å²) in [6.45, 7) is 5.59. The molecule has 0 bridgehead atoms. The van der Waals surface area contributed by atoms with Crippen molar-refractivity contribution in [3.05, 3.63) is 27.4 Å². The van der Waals surface area contributed by atoms with Crippen LogP contribution in [0.3, 0.4) is 0 Å². The van der Waals surface area contributed by atoms with Gasteiger partial charge in [0.25, 0.3) is 5.56 Å². The number of fused-ring (bicyclic) bond motifs is 1. The normalized spacial score (nSPS) is 16.1. The number of aryl methyl sites for hydroxylation is 1. The third-order valence-electron chi connectivity index (χ3n) is 4.00. The van der Waals surface area contributed by atoms with E-state index in [-0.39, 0.29) is 0 Å². The number of hydrogen-bond donors (Lipinski definition) is 1. The maximum atomic E-state index is 12.1. The summed E-state index contributed by atoms with van der Waals surface area (Å²) in [5.41, 5.74) is -0.126. The molecular weight excluding hydrogens is 270 g/mol. The summed E-state index contributed by atoms with van der Waals surface area (Å²) in [6.07, 6.45) is 6.22. The van der Waals surface area contributed by atoms with Crippen molar-refractivity contribution < 1.29 is 0 Å². The second kappa shape index (κ2) is 5.23. The van der Waals surface area contributed by atoms with E-state index in [9.17, 15) is 9.59 Å². The van der Waals surface area contributed by atoms with E-state index in [1.165, 1.54) is 17.4 Å². The molecular formula is C14H19N5O2. The van der Waals surface area contributed by atoms with Crippen LogP contribution in [0.1, 0.15) is 25.7 Å². The van der Waals surface area contributed by atoms with E-state index in [0.29, 0.717) is 17.1 Å². The predicted octanol–water partition coefficient (Wildman–Crippen LogP) is 0.904. The van der Waals surface area contributed by atoms with Crippen LogP contribution in [-0.2, 0) is 7.05 Å². The van der Waals surface area contributed by atoms with Gasteiger partial charge in [0.1, 0.15) is 0 Å². The molecule has 2 aromatic heterocycles. The highest BCUT2D eigenvalue weighted by atomic mass is 16.2. The average Bonchev–Trinajstić information content (AvgIpc) is 2.66. The largest absolute Gasteiger partial charge is 0.342 e. The zero-order valence-corrected chi connectivity index (χ0v) is 12.1. The van der Waals surface area contributed by atoms with Crippen molar-refractivity contribution in [1.82, 2.24) is 19.1 Å². The van der Waals surface area contributed by atoms with E-state index in [1.807, 2.05) is 0 Å². The van der Waals surface area contributed by atoms with Crippen molar-refractivity contribution >= 4 is 23.3 Å². The Kier molecular flexibility index (Phi) is 3.40. The first-order valence-corrected chi connectivity index (χ1v) is 7.22. The van der Waals surface area contributed by atoms with Crippen LogP contribution in [0.2, 0.25) is 0 Å². The lowest BCUT2D eigenvalue weighted by molar-refractivity contribution is 0.726. The molecule has 1 aliphatic rings. The minimum Gasteiger partial charge on any atom is -0.342 e. The van der Waals surface area contributed by atoms with Crippen LogP contribution in [-0.4, -0.2) is 32.2 Å². The van der Waals surface area contributed by atoms with Gasteiger partial charge in [0.05, 0.1) is 0 Å². The van der Waals surface area contributed by atoms with Gasteiger partial charge in [0.2, 0.25) is 5.95 Å². The van der Waals surface area contributed by atoms with E-state index < -0.39 is 11.2 Å². The molecule has 21 heavy (non-hydrogen) atoms. The predicted molar refractivity (Wildman–Crippen MR) is 82.7 cm³/mol. The molecule has 1 N–H and O–H groups in total. The molecule has 0 saturated carbocycles. The van der Waals surface area contributed by atoms with Crippen LogP contribution in [0.15, 0.2) is 16.2 Å². The van der Waals surface area contributed by atoms with Crippen LogP contribution in [0.4, 0.5) is 5.95 Å². The van der Waals surface area contributed by atoms with Crippen molar-refractivity contribution in [3.63, 3.8) is 0 Å². The van der Waals surface area contributed by atoms with Gasteiger partial charge in [-0.2, -0.15) is 4.98 Å². The van der Waals surface area contributed by atoms with Gasteiger partial charge in [0.15, 0.2) is 11.2 Å². The highest BCUT2D eigenvalue weighted by molar-refractivity contribution is 5.77. The fourth-order valence-corrected chi connectivity index (χ4v) is 2.86. The Bertz CT molecular complexity index is 790. The Balaban J connectivity index is 2.26. The van der Waals surface area contributed by atoms with E-state index in [4.69, 9.17) is 0 Å². The molecule has 1 fully saturated rings. The number of nitrogens with one attached hydrogen (secondary N) is 1. The smallest absolute Gasteiger partial charge is 0.329 e. The fourth-order valence-electron chi connectivity index (χ4n) is 2.86. The molecule has 7 heteroatoms. The summed E-state index contributed by atoms with van der Waals surface area (Å²) < 4.78 is 3.04. The van der Waals surface area contributed by atoms with Crippen LogP contribution in [0.25, 0.3) is 17.4 Å². The number of rotatable bonds is 2. The zero-order chi connectivity index (χ0) is 15.0. The number of anilines is 1. The molecule has 0 aliphatic carbocycles. The summed E-state index contributed by atoms with van der Waals surface area (Å²) in [4.78, 5) is 32.8. The van der Waals surface area contributed by atoms with Gasteiger partial charge in [0, 0.05) is 26.3 Å². The minimum atomic E-state index is -0.455. The molecule has 1 saturated heterocycles. The van der Waals surface area contributed by atoms with Gasteiger partial charge in [-0.25, -0.2) is 4.79 Å². The molecule has 2 aromatic rings. The quantitative estimate of drug-likeness (QED) is 0.891. The Morgan fingerprint density at radius 1 is 1.19 bits per heavy atom. The minimum absolute atomic E-state index is 0.367. The molecule has 112 valence electrons. The van der Waals surface area contributed by atoms with Gasteiger partial charge in [-0.15, -0.1) is 0 Å². The topological polar surface area (TPSA) is 75.9 Å². The van der Waals surface area contributed by atoms with Crippen molar-refractivity contribution in [2.75, 3.05) is 18.0 Å². The monoisotopic (exact) mass is 289 g/mol. The second-order valence-corrected chi connectivity index (χ2v) is 5.36. The van der Waals surface area contributed by atoms with Crippen molar-refractivity contribution in [3.8, 4) is 0 Å². The Morgan fingerprint density at radius 3 is 2.48 bits per heavy atom. The van der Waals surface area contributed by atoms with Crippen molar-refractivity contribution in [2.24, 2.45) is 7.05 Å². The van der Waals surface area contributed by atoms with E-state index in [1.54, 1.807) is 17.8 Å². The number of hydrogen-bond acceptors (Lipinski definition) is 4. The van der Waals surface area contributed by atoms with Gasteiger partial charge < -0.3 is 4.90 Å². The number of aromatic amines is 1. The maximum Gasteiger partial charge on any atom is 0.329 e.